The highest BCUT2D eigenvalue weighted by Crippen LogP contribution is 2.30. The van der Waals surface area contributed by atoms with E-state index in [2.05, 4.69) is 27.7 Å². The predicted octanol–water partition coefficient (Wildman–Crippen LogP) is 5.46. The minimum atomic E-state index is -0.450. The lowest BCUT2D eigenvalue weighted by atomic mass is 9.81. The van der Waals surface area contributed by atoms with Crippen LogP contribution in [-0.4, -0.2) is 25.2 Å². The van der Waals surface area contributed by atoms with Crippen molar-refractivity contribution in [3.63, 3.8) is 0 Å². The molecule has 4 heteroatoms. The summed E-state index contributed by atoms with van der Waals surface area (Å²) in [6.07, 6.45) is 4.29. The summed E-state index contributed by atoms with van der Waals surface area (Å²) in [7, 11) is 0. The maximum atomic E-state index is 12.6. The lowest BCUT2D eigenvalue weighted by molar-refractivity contribution is 0.0452. The lowest BCUT2D eigenvalue weighted by Gasteiger charge is -2.24. The van der Waals surface area contributed by atoms with E-state index in [0.717, 1.165) is 43.2 Å². The van der Waals surface area contributed by atoms with Gasteiger partial charge in [-0.1, -0.05) is 54.4 Å². The number of hydrogen-bond donors (Lipinski definition) is 0. The second-order valence-electron chi connectivity index (χ2n) is 7.64. The summed E-state index contributed by atoms with van der Waals surface area (Å²) in [4.78, 5) is 25.2. The molecule has 0 N–H and O–H groups in total. The molecule has 0 aromatic heterocycles. The van der Waals surface area contributed by atoms with Gasteiger partial charge in [-0.2, -0.15) is 0 Å². The number of esters is 2. The molecular weight excluding hydrogens is 328 g/mol. The summed E-state index contributed by atoms with van der Waals surface area (Å²) in [6, 6.07) is 3.63. The first-order chi connectivity index (χ1) is 12.3. The van der Waals surface area contributed by atoms with E-state index in [9.17, 15) is 9.59 Å². The van der Waals surface area contributed by atoms with Gasteiger partial charge in [-0.25, -0.2) is 9.59 Å². The fourth-order valence-electron chi connectivity index (χ4n) is 2.75. The molecule has 1 rings (SSSR count). The van der Waals surface area contributed by atoms with Crippen molar-refractivity contribution in [2.45, 2.75) is 79.1 Å². The quantitative estimate of drug-likeness (QED) is 0.432. The molecule has 0 bridgehead atoms. The Labute approximate surface area is 158 Å². The third-order valence-electron chi connectivity index (χ3n) is 4.33. The predicted molar refractivity (Wildman–Crippen MR) is 105 cm³/mol. The van der Waals surface area contributed by atoms with Crippen LogP contribution in [0.15, 0.2) is 12.1 Å². The molecular formula is C22H34O4. The average molecular weight is 363 g/mol. The minimum absolute atomic E-state index is 0.131. The fourth-order valence-corrected chi connectivity index (χ4v) is 2.75. The van der Waals surface area contributed by atoms with Crippen molar-refractivity contribution >= 4 is 11.9 Å². The van der Waals surface area contributed by atoms with Crippen LogP contribution in [0.4, 0.5) is 0 Å². The van der Waals surface area contributed by atoms with Crippen molar-refractivity contribution in [1.82, 2.24) is 0 Å². The zero-order valence-electron chi connectivity index (χ0n) is 17.2. The van der Waals surface area contributed by atoms with Crippen LogP contribution in [0, 0.1) is 0 Å². The highest BCUT2D eigenvalue weighted by molar-refractivity contribution is 6.03. The summed E-state index contributed by atoms with van der Waals surface area (Å²) in [5, 5.41) is 0. The van der Waals surface area contributed by atoms with Crippen LogP contribution in [0.25, 0.3) is 0 Å². The maximum absolute atomic E-state index is 12.6. The third-order valence-corrected chi connectivity index (χ3v) is 4.33. The minimum Gasteiger partial charge on any atom is -0.462 e. The number of unbranched alkanes of at least 4 members (excludes halogenated alkanes) is 2. The van der Waals surface area contributed by atoms with Gasteiger partial charge in [0.05, 0.1) is 24.3 Å². The summed E-state index contributed by atoms with van der Waals surface area (Å²) in [5.41, 5.74) is 2.61. The van der Waals surface area contributed by atoms with E-state index in [1.165, 1.54) is 0 Å². The lowest BCUT2D eigenvalue weighted by Crippen LogP contribution is -2.20. The molecule has 146 valence electrons. The molecule has 0 unspecified atom stereocenters. The number of rotatable bonds is 9. The Morgan fingerprint density at radius 3 is 1.69 bits per heavy atom. The maximum Gasteiger partial charge on any atom is 0.339 e. The monoisotopic (exact) mass is 362 g/mol. The summed E-state index contributed by atoms with van der Waals surface area (Å²) >= 11 is 0. The van der Waals surface area contributed by atoms with Crippen LogP contribution in [0.1, 0.15) is 99.1 Å². The largest absolute Gasteiger partial charge is 0.462 e. The van der Waals surface area contributed by atoms with Gasteiger partial charge >= 0.3 is 11.9 Å². The molecule has 0 heterocycles. The third kappa shape index (κ3) is 6.15. The molecule has 0 fully saturated rings. The van der Waals surface area contributed by atoms with Crippen LogP contribution in [0.5, 0.6) is 0 Å². The Morgan fingerprint density at radius 2 is 1.31 bits per heavy atom. The van der Waals surface area contributed by atoms with Gasteiger partial charge in [0, 0.05) is 0 Å². The SMILES string of the molecule is CCCCOC(=O)c1cc(CC)c(C(C)(C)C)cc1C(=O)OCCCC. The van der Waals surface area contributed by atoms with Crippen molar-refractivity contribution in [3.8, 4) is 0 Å². The van der Waals surface area contributed by atoms with E-state index in [0.29, 0.717) is 24.3 Å². The first-order valence-corrected chi connectivity index (χ1v) is 9.77. The smallest absolute Gasteiger partial charge is 0.339 e. The molecule has 1 aromatic carbocycles. The highest BCUT2D eigenvalue weighted by Gasteiger charge is 2.26. The Balaban J connectivity index is 3.30. The zero-order valence-corrected chi connectivity index (χ0v) is 17.2. The van der Waals surface area contributed by atoms with Crippen LogP contribution in [0.2, 0.25) is 0 Å². The molecule has 0 atom stereocenters. The van der Waals surface area contributed by atoms with Gasteiger partial charge < -0.3 is 9.47 Å². The molecule has 0 amide bonds. The van der Waals surface area contributed by atoms with E-state index in [4.69, 9.17) is 9.47 Å². The molecule has 4 nitrogen and oxygen atoms in total. The van der Waals surface area contributed by atoms with Gasteiger partial charge in [0.25, 0.3) is 0 Å². The van der Waals surface area contributed by atoms with E-state index < -0.39 is 11.9 Å². The number of carbonyl (C=O) groups excluding carboxylic acids is 2. The van der Waals surface area contributed by atoms with Crippen molar-refractivity contribution in [3.05, 3.63) is 34.4 Å². The Morgan fingerprint density at radius 1 is 0.846 bits per heavy atom. The van der Waals surface area contributed by atoms with Crippen LogP contribution in [-0.2, 0) is 21.3 Å². The number of benzene rings is 1. The summed E-state index contributed by atoms with van der Waals surface area (Å²) < 4.78 is 10.7. The topological polar surface area (TPSA) is 52.6 Å². The van der Waals surface area contributed by atoms with Gasteiger partial charge in [-0.05, 0) is 47.9 Å². The van der Waals surface area contributed by atoms with E-state index in [1.807, 2.05) is 26.0 Å². The summed E-state index contributed by atoms with van der Waals surface area (Å²) in [6.45, 7) is 13.2. The van der Waals surface area contributed by atoms with Gasteiger partial charge in [-0.3, -0.25) is 0 Å². The Kier molecular flexibility index (Phi) is 8.83. The number of hydrogen-bond acceptors (Lipinski definition) is 4. The molecule has 0 spiro atoms. The van der Waals surface area contributed by atoms with E-state index in [1.54, 1.807) is 0 Å². The first-order valence-electron chi connectivity index (χ1n) is 9.77. The highest BCUT2D eigenvalue weighted by atomic mass is 16.5. The van der Waals surface area contributed by atoms with Crippen molar-refractivity contribution in [2.75, 3.05) is 13.2 Å². The van der Waals surface area contributed by atoms with E-state index >= 15 is 0 Å². The zero-order chi connectivity index (χ0) is 19.7. The van der Waals surface area contributed by atoms with Gasteiger partial charge in [-0.15, -0.1) is 0 Å². The molecule has 26 heavy (non-hydrogen) atoms. The molecule has 0 radical (unpaired) electrons. The van der Waals surface area contributed by atoms with Crippen molar-refractivity contribution < 1.29 is 19.1 Å². The standard InChI is InChI=1S/C22H34O4/c1-7-10-12-25-20(23)17-14-16(9-3)19(22(4,5)6)15-18(17)21(24)26-13-11-8-2/h14-15H,7-13H2,1-6H3. The fraction of sp³-hybridized carbons (Fsp3) is 0.636. The molecule has 0 saturated heterocycles. The number of ether oxygens (including phenoxy) is 2. The van der Waals surface area contributed by atoms with Gasteiger partial charge in [0.1, 0.15) is 0 Å². The number of aryl methyl sites for hydroxylation is 1. The van der Waals surface area contributed by atoms with Crippen LogP contribution >= 0.6 is 0 Å². The normalized spacial score (nSPS) is 11.3. The van der Waals surface area contributed by atoms with Crippen LogP contribution < -0.4 is 0 Å². The molecule has 0 saturated carbocycles. The average Bonchev–Trinajstić information content (AvgIpc) is 2.59. The molecule has 0 aliphatic carbocycles. The van der Waals surface area contributed by atoms with Crippen molar-refractivity contribution in [1.29, 1.82) is 0 Å². The number of carbonyl (C=O) groups is 2. The molecule has 1 aromatic rings. The van der Waals surface area contributed by atoms with E-state index in [-0.39, 0.29) is 5.41 Å². The summed E-state index contributed by atoms with van der Waals surface area (Å²) in [5.74, 6) is -0.898. The molecule has 0 aliphatic rings. The second kappa shape index (κ2) is 10.3. The van der Waals surface area contributed by atoms with Gasteiger partial charge in [0.15, 0.2) is 0 Å². The van der Waals surface area contributed by atoms with Crippen LogP contribution in [0.3, 0.4) is 0 Å². The van der Waals surface area contributed by atoms with Gasteiger partial charge in [0.2, 0.25) is 0 Å². The van der Waals surface area contributed by atoms with Crippen molar-refractivity contribution in [2.24, 2.45) is 0 Å². The molecule has 0 aliphatic heterocycles. The second-order valence-corrected chi connectivity index (χ2v) is 7.64. The Hall–Kier alpha value is -1.84. The first kappa shape index (κ1) is 22.2. The Bertz CT molecular complexity index is 611.